The fraction of sp³-hybridized carbons (Fsp3) is 0.222. The van der Waals surface area contributed by atoms with Crippen LogP contribution in [0.2, 0.25) is 0 Å². The van der Waals surface area contributed by atoms with Crippen LogP contribution in [-0.2, 0) is 13.6 Å². The monoisotopic (exact) mass is 204 g/mol. The number of aryl methyl sites for hydroxylation is 1. The summed E-state index contributed by atoms with van der Waals surface area (Å²) in [5, 5.41) is 3.09. The Balaban J connectivity index is 2.02. The minimum Gasteiger partial charge on any atom is -0.382 e. The average Bonchev–Trinajstić information content (AvgIpc) is 2.61. The number of nitrogens with zero attached hydrogens (tertiary/aromatic N) is 4. The number of hydrogen-bond acceptors (Lipinski definition) is 5. The average molecular weight is 204 g/mol. The van der Waals surface area contributed by atoms with Gasteiger partial charge < -0.3 is 15.6 Å². The summed E-state index contributed by atoms with van der Waals surface area (Å²) < 4.78 is 1.94. The molecule has 0 amide bonds. The SMILES string of the molecule is Cn1ccnc1CNc1cncc(N)n1. The lowest BCUT2D eigenvalue weighted by Gasteiger charge is -2.05. The zero-order valence-electron chi connectivity index (χ0n) is 8.38. The van der Waals surface area contributed by atoms with Crippen LogP contribution in [0.3, 0.4) is 0 Å². The molecule has 0 saturated heterocycles. The zero-order valence-corrected chi connectivity index (χ0v) is 8.38. The van der Waals surface area contributed by atoms with E-state index in [1.54, 1.807) is 12.4 Å². The van der Waals surface area contributed by atoms with Gasteiger partial charge in [0.05, 0.1) is 18.9 Å². The molecule has 0 bridgehead atoms. The molecule has 0 fully saturated rings. The van der Waals surface area contributed by atoms with Crippen molar-refractivity contribution in [1.82, 2.24) is 19.5 Å². The summed E-state index contributed by atoms with van der Waals surface area (Å²) in [5.41, 5.74) is 5.50. The van der Waals surface area contributed by atoms with Crippen LogP contribution in [-0.4, -0.2) is 19.5 Å². The fourth-order valence-electron chi connectivity index (χ4n) is 1.20. The third kappa shape index (κ3) is 2.22. The van der Waals surface area contributed by atoms with Gasteiger partial charge in [-0.25, -0.2) is 9.97 Å². The fourth-order valence-corrected chi connectivity index (χ4v) is 1.20. The minimum absolute atomic E-state index is 0.403. The highest BCUT2D eigenvalue weighted by Gasteiger charge is 1.99. The first kappa shape index (κ1) is 9.45. The molecule has 6 nitrogen and oxygen atoms in total. The van der Waals surface area contributed by atoms with Gasteiger partial charge in [-0.05, 0) is 0 Å². The lowest BCUT2D eigenvalue weighted by Crippen LogP contribution is -2.07. The van der Waals surface area contributed by atoms with E-state index in [0.717, 1.165) is 5.82 Å². The van der Waals surface area contributed by atoms with E-state index in [1.165, 1.54) is 6.20 Å². The van der Waals surface area contributed by atoms with Gasteiger partial charge in [0.25, 0.3) is 0 Å². The molecule has 0 saturated carbocycles. The zero-order chi connectivity index (χ0) is 10.7. The third-order valence-electron chi connectivity index (χ3n) is 2.00. The van der Waals surface area contributed by atoms with Gasteiger partial charge in [-0.1, -0.05) is 0 Å². The molecule has 0 aliphatic rings. The molecule has 2 heterocycles. The predicted molar refractivity (Wildman–Crippen MR) is 57.0 cm³/mol. The number of imidazole rings is 1. The molecule has 15 heavy (non-hydrogen) atoms. The first-order valence-electron chi connectivity index (χ1n) is 4.53. The van der Waals surface area contributed by atoms with Crippen molar-refractivity contribution in [3.63, 3.8) is 0 Å². The topological polar surface area (TPSA) is 81.7 Å². The van der Waals surface area contributed by atoms with E-state index in [9.17, 15) is 0 Å². The van der Waals surface area contributed by atoms with Gasteiger partial charge in [-0.3, -0.25) is 4.98 Å². The molecule has 0 atom stereocenters. The molecule has 3 N–H and O–H groups in total. The van der Waals surface area contributed by atoms with Crippen LogP contribution in [0.1, 0.15) is 5.82 Å². The van der Waals surface area contributed by atoms with Crippen molar-refractivity contribution in [3.05, 3.63) is 30.6 Å². The number of nitrogens with one attached hydrogen (secondary N) is 1. The van der Waals surface area contributed by atoms with Gasteiger partial charge in [0, 0.05) is 19.4 Å². The summed E-state index contributed by atoms with van der Waals surface area (Å²) in [6.45, 7) is 0.599. The molecule has 0 aliphatic heterocycles. The molecular formula is C9H12N6. The van der Waals surface area contributed by atoms with Gasteiger partial charge in [0.2, 0.25) is 0 Å². The van der Waals surface area contributed by atoms with Gasteiger partial charge in [0.1, 0.15) is 17.5 Å². The summed E-state index contributed by atoms with van der Waals surface area (Å²) in [4.78, 5) is 12.2. The molecule has 78 valence electrons. The van der Waals surface area contributed by atoms with E-state index >= 15 is 0 Å². The molecule has 2 aromatic rings. The van der Waals surface area contributed by atoms with Gasteiger partial charge in [-0.2, -0.15) is 0 Å². The Morgan fingerprint density at radius 2 is 2.33 bits per heavy atom. The highest BCUT2D eigenvalue weighted by molar-refractivity contribution is 5.38. The van der Waals surface area contributed by atoms with Gasteiger partial charge >= 0.3 is 0 Å². The standard InChI is InChI=1S/C9H12N6/c1-15-3-2-12-9(15)6-13-8-5-11-4-7(10)14-8/h2-5H,6H2,1H3,(H3,10,13,14). The van der Waals surface area contributed by atoms with Crippen LogP contribution >= 0.6 is 0 Å². The number of anilines is 2. The summed E-state index contributed by atoms with van der Waals surface area (Å²) in [6.07, 6.45) is 6.77. The molecule has 0 aliphatic carbocycles. The van der Waals surface area contributed by atoms with Gasteiger partial charge in [-0.15, -0.1) is 0 Å². The molecule has 6 heteroatoms. The van der Waals surface area contributed by atoms with Crippen LogP contribution in [0.25, 0.3) is 0 Å². The van der Waals surface area contributed by atoms with Crippen molar-refractivity contribution in [2.24, 2.45) is 7.05 Å². The number of nitrogen functional groups attached to an aromatic ring is 1. The number of rotatable bonds is 3. The van der Waals surface area contributed by atoms with Crippen LogP contribution in [0.4, 0.5) is 11.6 Å². The second-order valence-corrected chi connectivity index (χ2v) is 3.14. The Morgan fingerprint density at radius 1 is 1.47 bits per heavy atom. The van der Waals surface area contributed by atoms with Crippen molar-refractivity contribution >= 4 is 11.6 Å². The predicted octanol–water partition coefficient (Wildman–Crippen LogP) is 0.404. The first-order valence-corrected chi connectivity index (χ1v) is 4.53. The Hall–Kier alpha value is -2.11. The second-order valence-electron chi connectivity index (χ2n) is 3.14. The number of nitrogens with two attached hydrogens (primary N) is 1. The van der Waals surface area contributed by atoms with Gasteiger partial charge in [0.15, 0.2) is 0 Å². The van der Waals surface area contributed by atoms with Crippen molar-refractivity contribution in [1.29, 1.82) is 0 Å². The minimum atomic E-state index is 0.403. The molecule has 2 rings (SSSR count). The van der Waals surface area contributed by atoms with Crippen molar-refractivity contribution in [2.75, 3.05) is 11.1 Å². The lowest BCUT2D eigenvalue weighted by atomic mass is 10.5. The van der Waals surface area contributed by atoms with Crippen molar-refractivity contribution in [3.8, 4) is 0 Å². The Bertz CT molecular complexity index is 449. The molecule has 0 spiro atoms. The highest BCUT2D eigenvalue weighted by atomic mass is 15.1. The third-order valence-corrected chi connectivity index (χ3v) is 2.00. The summed E-state index contributed by atoms with van der Waals surface area (Å²) in [7, 11) is 1.94. The van der Waals surface area contributed by atoms with Crippen LogP contribution in [0.15, 0.2) is 24.8 Å². The van der Waals surface area contributed by atoms with Crippen molar-refractivity contribution < 1.29 is 0 Å². The maximum atomic E-state index is 5.50. The highest BCUT2D eigenvalue weighted by Crippen LogP contribution is 2.04. The van der Waals surface area contributed by atoms with E-state index in [2.05, 4.69) is 20.3 Å². The Labute approximate surface area is 87.2 Å². The number of aromatic nitrogens is 4. The summed E-state index contributed by atoms with van der Waals surface area (Å²) in [6, 6.07) is 0. The quantitative estimate of drug-likeness (QED) is 0.756. The molecular weight excluding hydrogens is 192 g/mol. The maximum Gasteiger partial charge on any atom is 0.147 e. The smallest absolute Gasteiger partial charge is 0.147 e. The van der Waals surface area contributed by atoms with Crippen LogP contribution in [0, 0.1) is 0 Å². The Morgan fingerprint density at radius 3 is 3.00 bits per heavy atom. The molecule has 0 radical (unpaired) electrons. The second kappa shape index (κ2) is 3.95. The van der Waals surface area contributed by atoms with E-state index in [-0.39, 0.29) is 0 Å². The normalized spacial score (nSPS) is 10.2. The molecule has 0 aromatic carbocycles. The lowest BCUT2D eigenvalue weighted by molar-refractivity contribution is 0.810. The van der Waals surface area contributed by atoms with E-state index in [0.29, 0.717) is 18.2 Å². The van der Waals surface area contributed by atoms with Crippen LogP contribution in [0.5, 0.6) is 0 Å². The number of hydrogen-bond donors (Lipinski definition) is 2. The molecule has 0 unspecified atom stereocenters. The summed E-state index contributed by atoms with van der Waals surface area (Å²) in [5.74, 6) is 1.98. The molecule has 2 aromatic heterocycles. The van der Waals surface area contributed by atoms with E-state index in [4.69, 9.17) is 5.73 Å². The van der Waals surface area contributed by atoms with E-state index < -0.39 is 0 Å². The first-order chi connectivity index (χ1) is 7.25. The van der Waals surface area contributed by atoms with Crippen molar-refractivity contribution in [2.45, 2.75) is 6.54 Å². The largest absolute Gasteiger partial charge is 0.382 e. The maximum absolute atomic E-state index is 5.50. The summed E-state index contributed by atoms with van der Waals surface area (Å²) >= 11 is 0. The van der Waals surface area contributed by atoms with Crippen LogP contribution < -0.4 is 11.1 Å². The van der Waals surface area contributed by atoms with E-state index in [1.807, 2.05) is 17.8 Å². The Kier molecular flexibility index (Phi) is 2.49.